The van der Waals surface area contributed by atoms with E-state index in [1.54, 1.807) is 12.1 Å². The summed E-state index contributed by atoms with van der Waals surface area (Å²) in [7, 11) is 0. The summed E-state index contributed by atoms with van der Waals surface area (Å²) in [6, 6.07) is 123. The van der Waals surface area contributed by atoms with Crippen molar-refractivity contribution in [3.05, 3.63) is 497 Å². The molecule has 20 aromatic carbocycles. The number of aromatic hydroxyl groups is 8. The van der Waals surface area contributed by atoms with Crippen LogP contribution >= 0.6 is 31.9 Å². The lowest BCUT2D eigenvalue weighted by atomic mass is 9.61. The number of benzene rings is 20. The fourth-order valence-corrected chi connectivity index (χ4v) is 23.2. The lowest BCUT2D eigenvalue weighted by Gasteiger charge is -2.45. The van der Waals surface area contributed by atoms with Gasteiger partial charge in [-0.2, -0.15) is 0 Å². The zero-order valence-corrected chi connectivity index (χ0v) is 77.7. The minimum Gasteiger partial charge on any atom is -0.507 e. The molecular weight excluding hydrogens is 1880 g/mol. The summed E-state index contributed by atoms with van der Waals surface area (Å²) in [5, 5.41) is 97.1. The Morgan fingerprint density at radius 1 is 0.179 bits per heavy atom. The molecule has 0 unspecified atom stereocenters. The van der Waals surface area contributed by atoms with E-state index in [-0.39, 0.29) is 46.0 Å². The van der Waals surface area contributed by atoms with E-state index in [1.165, 1.54) is 0 Å². The molecule has 0 radical (unpaired) electrons. The molecule has 8 aliphatic heterocycles. The van der Waals surface area contributed by atoms with Crippen LogP contribution in [0, 0.1) is 13.8 Å². The van der Waals surface area contributed by atoms with Gasteiger partial charge in [-0.05, 0) is 200 Å². The van der Waals surface area contributed by atoms with E-state index >= 15 is 0 Å². The third-order valence-electron chi connectivity index (χ3n) is 28.4. The number of rotatable bonds is 2. The van der Waals surface area contributed by atoms with Gasteiger partial charge in [-0.3, -0.25) is 0 Å². The summed E-state index contributed by atoms with van der Waals surface area (Å²) >= 11 is 6.94. The first-order valence-corrected chi connectivity index (χ1v) is 47.2. The van der Waals surface area contributed by atoms with Gasteiger partial charge in [-0.15, -0.1) is 0 Å². The molecule has 4 spiro atoms. The molecule has 140 heavy (non-hydrogen) atoms. The number of phenolic OH excluding ortho intramolecular Hbond substituents is 8. The normalized spacial score (nSPS) is 14.2. The van der Waals surface area contributed by atoms with Crippen LogP contribution in [0.15, 0.2) is 397 Å². The van der Waals surface area contributed by atoms with Crippen molar-refractivity contribution in [2.24, 2.45) is 0 Å². The van der Waals surface area contributed by atoms with E-state index in [0.717, 1.165) is 88.3 Å². The van der Waals surface area contributed by atoms with E-state index in [4.69, 9.17) is 37.9 Å². The summed E-state index contributed by atoms with van der Waals surface area (Å²) < 4.78 is 51.9. The number of halogens is 2. The molecule has 0 amide bonds. The maximum Gasteiger partial charge on any atom is 0.138 e. The first kappa shape index (κ1) is 84.4. The summed E-state index contributed by atoms with van der Waals surface area (Å²) in [6.45, 7) is 3.73. The summed E-state index contributed by atoms with van der Waals surface area (Å²) in [6.07, 6.45) is 0. The molecule has 0 saturated heterocycles. The highest BCUT2D eigenvalue weighted by Crippen LogP contribution is 2.73. The molecule has 8 N–H and O–H groups in total. The minimum absolute atomic E-state index is 0.0500. The summed E-state index contributed by atoms with van der Waals surface area (Å²) in [4.78, 5) is 0. The van der Waals surface area contributed by atoms with Gasteiger partial charge >= 0.3 is 0 Å². The number of para-hydroxylation sites is 8. The Morgan fingerprint density at radius 2 is 0.386 bits per heavy atom. The van der Waals surface area contributed by atoms with Gasteiger partial charge in [0.15, 0.2) is 0 Å². The number of fused-ring (bicyclic) bond motifs is 34. The zero-order valence-electron chi connectivity index (χ0n) is 74.6. The van der Waals surface area contributed by atoms with Crippen LogP contribution in [0.1, 0.15) is 100 Å². The molecule has 28 rings (SSSR count). The van der Waals surface area contributed by atoms with E-state index in [1.807, 2.05) is 390 Å². The van der Waals surface area contributed by atoms with Crippen molar-refractivity contribution in [3.63, 3.8) is 0 Å². The molecule has 18 heteroatoms. The van der Waals surface area contributed by atoms with Crippen molar-refractivity contribution in [1.82, 2.24) is 0 Å². The molecule has 8 aliphatic rings. The van der Waals surface area contributed by atoms with Gasteiger partial charge in [-0.1, -0.05) is 267 Å². The maximum atomic E-state index is 12.3. The first-order valence-electron chi connectivity index (χ1n) is 45.6. The number of phenols is 8. The van der Waals surface area contributed by atoms with Crippen molar-refractivity contribution in [1.29, 1.82) is 0 Å². The van der Waals surface area contributed by atoms with Crippen LogP contribution in [0.2, 0.25) is 0 Å². The van der Waals surface area contributed by atoms with E-state index in [9.17, 15) is 40.9 Å². The zero-order chi connectivity index (χ0) is 94.9. The van der Waals surface area contributed by atoms with E-state index < -0.39 is 21.7 Å². The van der Waals surface area contributed by atoms with Gasteiger partial charge in [0, 0.05) is 66.4 Å². The molecule has 0 aliphatic carbocycles. The van der Waals surface area contributed by atoms with Crippen LogP contribution < -0.4 is 37.9 Å². The van der Waals surface area contributed by atoms with Crippen LogP contribution in [0.4, 0.5) is 0 Å². The number of hydrogen-bond acceptors (Lipinski definition) is 16. The Bertz CT molecular complexity index is 7940. The fourth-order valence-electron chi connectivity index (χ4n) is 22.6. The van der Waals surface area contributed by atoms with Crippen molar-refractivity contribution in [3.8, 4) is 160 Å². The maximum absolute atomic E-state index is 12.3. The Labute approximate surface area is 819 Å². The van der Waals surface area contributed by atoms with Crippen molar-refractivity contribution in [2.75, 3.05) is 0 Å². The predicted octanol–water partition coefficient (Wildman–Crippen LogP) is 30.5. The quantitative estimate of drug-likeness (QED) is 0.0803. The Morgan fingerprint density at radius 3 is 0.664 bits per heavy atom. The second-order valence-corrected chi connectivity index (χ2v) is 37.3. The van der Waals surface area contributed by atoms with Gasteiger partial charge in [0.1, 0.15) is 138 Å². The monoisotopic (exact) mass is 1960 g/mol. The van der Waals surface area contributed by atoms with Gasteiger partial charge in [0.05, 0.1) is 75.1 Å². The number of hydrogen-bond donors (Lipinski definition) is 8. The lowest BCUT2D eigenvalue weighted by Crippen LogP contribution is -2.37. The Kier molecular flexibility index (Phi) is 19.4. The molecule has 0 fully saturated rings. The topological polar surface area (TPSA) is 236 Å². The molecule has 0 aromatic heterocycles. The number of ether oxygens (including phenoxy) is 8. The van der Waals surface area contributed by atoms with Gasteiger partial charge < -0.3 is 78.7 Å². The molecule has 0 atom stereocenters. The summed E-state index contributed by atoms with van der Waals surface area (Å²) in [5.74, 6) is 10.4. The van der Waals surface area contributed by atoms with Gasteiger partial charge in [0.2, 0.25) is 0 Å². The molecule has 16 nitrogen and oxygen atoms in total. The smallest absolute Gasteiger partial charge is 0.138 e. The van der Waals surface area contributed by atoms with Gasteiger partial charge in [-0.25, -0.2) is 0 Å². The molecule has 0 bridgehead atoms. The van der Waals surface area contributed by atoms with Crippen molar-refractivity contribution in [2.45, 2.75) is 35.5 Å². The predicted molar refractivity (Wildman–Crippen MR) is 544 cm³/mol. The van der Waals surface area contributed by atoms with Crippen molar-refractivity contribution >= 4 is 53.4 Å². The van der Waals surface area contributed by atoms with Crippen LogP contribution in [-0.4, -0.2) is 40.9 Å². The second kappa shape index (κ2) is 32.2. The average molecular weight is 1960 g/mol. The van der Waals surface area contributed by atoms with Gasteiger partial charge in [0.25, 0.3) is 0 Å². The molecule has 20 aromatic rings. The highest BCUT2D eigenvalue weighted by Gasteiger charge is 2.60. The lowest BCUT2D eigenvalue weighted by molar-refractivity contribution is 0.367. The van der Waals surface area contributed by atoms with Crippen LogP contribution in [0.25, 0.3) is 43.8 Å². The first-order chi connectivity index (χ1) is 68.4. The fraction of sp³-hybridized carbons (Fsp3) is 0.0492. The molecule has 676 valence electrons. The highest BCUT2D eigenvalue weighted by atomic mass is 79.9. The van der Waals surface area contributed by atoms with Crippen LogP contribution in [0.5, 0.6) is 138 Å². The van der Waals surface area contributed by atoms with Crippen LogP contribution in [0.3, 0.4) is 0 Å². The number of aryl methyl sites for hydroxylation is 2. The second-order valence-electron chi connectivity index (χ2n) is 35.6. The Balaban J connectivity index is 0.0000000992. The SMILES string of the molecule is Cc1ccc2c(c1O)C1(c3ccccc3O2)c2ccccc2Oc2ccc(C)c(O)c21.Oc1c(-c2ccccc2)ccc2c1C1(c3ccccc3O2)c2ccccc2Oc2ccc(-c3ccccc3)c(O)c21.Oc1c(Br)ccc2c1C1(c3ccccc3O2)c2ccccc2Oc2ccc(Br)c(O)c21.Oc1c2c(cc3ccccc13)Oc1ccccc1C21c2ccccc2Oc2cc3ccccc3c(O)c21. The third kappa shape index (κ3) is 12.1. The standard InChI is InChI=1S/C37H24O4.C33H20O4.C27H20O4.C25H14Br2O4/c38-35-25(23-11-3-1-4-12-23)19-21-31-33(35)37(27-15-7-9-17-29(27)40-31)28-16-8-10-18-30(28)41-32-22-20-26(36(39)34(32)37)24-13-5-2-6-14-24;34-31-21-11-3-1-9-19(21)17-27-29(31)33(23-13-5-7-15-25(23)36-27)24-14-6-8-16-26(24)37-28-18-20-10-2-4-12-22(20)32(35)30(28)33;1-15-11-13-21-23(25(15)28)27(17-7-3-5-9-19(17)30-21)18-8-4-6-10-20(18)31-22-14-12-16(2)26(29)24(22)27;26-15-9-11-19-21(23(15)28)25(13-5-1-3-7-17(13)30-19)14-6-2-4-8-18(14)31-20-12-10-16(27)24(29)22(20)25/h1-22,38-39H;1-18,34-35H;3-14,28-29H,1-2H3;1-12,28-29H. The van der Waals surface area contributed by atoms with E-state index in [2.05, 4.69) is 31.9 Å². The Hall–Kier alpha value is -17.3. The minimum atomic E-state index is -1.14. The summed E-state index contributed by atoms with van der Waals surface area (Å²) in [5.41, 5.74) is 11.5. The third-order valence-corrected chi connectivity index (χ3v) is 29.7. The molecule has 8 heterocycles. The van der Waals surface area contributed by atoms with Crippen molar-refractivity contribution < 1.29 is 78.7 Å². The molecule has 0 saturated carbocycles. The molecular formula is C122H78Br2O16. The largest absolute Gasteiger partial charge is 0.507 e. The average Bonchev–Trinajstić information content (AvgIpc) is 0.686. The highest BCUT2D eigenvalue weighted by molar-refractivity contribution is 9.11. The van der Waals surface area contributed by atoms with E-state index in [0.29, 0.717) is 157 Å². The van der Waals surface area contributed by atoms with Crippen LogP contribution in [-0.2, 0) is 21.7 Å².